The smallest absolute Gasteiger partial charge is 0.473 e. The molecule has 0 saturated heterocycles. The van der Waals surface area contributed by atoms with Crippen molar-refractivity contribution in [2.75, 3.05) is 42.7 Å². The van der Waals surface area contributed by atoms with Crippen LogP contribution < -0.4 is 0 Å². The van der Waals surface area contributed by atoms with Crippen LogP contribution in [-0.2, 0) is 31.3 Å². The number of hydrogen-bond acceptors (Lipinski definition) is 7. The van der Waals surface area contributed by atoms with E-state index in [0.29, 0.717) is 12.1 Å². The summed E-state index contributed by atoms with van der Waals surface area (Å²) in [6.07, 6.45) is 8.57. The van der Waals surface area contributed by atoms with Gasteiger partial charge in [-0.05, 0) is 25.0 Å². The first-order chi connectivity index (χ1) is 11.1. The van der Waals surface area contributed by atoms with E-state index < -0.39 is 17.6 Å². The molecule has 0 aromatic heterocycles. The molecule has 0 spiro atoms. The Bertz CT molecular complexity index is 293. The molecule has 0 aromatic carbocycles. The Labute approximate surface area is 141 Å². The first-order valence-corrected chi connectivity index (χ1v) is 11.2. The van der Waals surface area contributed by atoms with Gasteiger partial charge >= 0.3 is 17.6 Å². The molecule has 0 aliphatic carbocycles. The van der Waals surface area contributed by atoms with Gasteiger partial charge in [-0.1, -0.05) is 0 Å². The van der Waals surface area contributed by atoms with Crippen LogP contribution in [0.5, 0.6) is 0 Å². The van der Waals surface area contributed by atoms with Crippen molar-refractivity contribution in [3.8, 4) is 0 Å². The van der Waals surface area contributed by atoms with E-state index in [0.717, 1.165) is 12.8 Å². The van der Waals surface area contributed by atoms with Crippen molar-refractivity contribution in [2.24, 2.45) is 0 Å². The zero-order valence-corrected chi connectivity index (χ0v) is 17.0. The zero-order valence-electron chi connectivity index (χ0n) is 15.0. The van der Waals surface area contributed by atoms with Crippen LogP contribution in [0.3, 0.4) is 0 Å². The maximum atomic E-state index is 5.33. The third-order valence-electron chi connectivity index (χ3n) is 3.45. The van der Waals surface area contributed by atoms with E-state index in [-0.39, 0.29) is 0 Å². The minimum atomic E-state index is -2.49. The molecule has 0 amide bonds. The molecule has 23 heavy (non-hydrogen) atoms. The molecule has 0 atom stereocenters. The molecule has 0 aliphatic rings. The van der Waals surface area contributed by atoms with Crippen molar-refractivity contribution in [3.63, 3.8) is 0 Å². The van der Waals surface area contributed by atoms with Crippen LogP contribution in [-0.4, -0.2) is 60.3 Å². The zero-order chi connectivity index (χ0) is 17.6. The molecule has 0 fully saturated rings. The summed E-state index contributed by atoms with van der Waals surface area (Å²) < 4.78 is 37.3. The summed E-state index contributed by atoms with van der Waals surface area (Å²) >= 11 is 0. The average Bonchev–Trinajstić information content (AvgIpc) is 2.61. The molecule has 0 unspecified atom stereocenters. The Kier molecular flexibility index (Phi) is 12.5. The third kappa shape index (κ3) is 8.22. The fourth-order valence-corrected chi connectivity index (χ4v) is 5.19. The Morgan fingerprint density at radius 3 is 1.13 bits per heavy atom. The summed E-state index contributed by atoms with van der Waals surface area (Å²) in [7, 11) is 4.63. The normalized spacial score (nSPS) is 13.3. The number of allylic oxidation sites excluding steroid dienone is 2. The largest absolute Gasteiger partial charge is 0.500 e. The van der Waals surface area contributed by atoms with Crippen LogP contribution in [0.25, 0.3) is 0 Å². The Morgan fingerprint density at radius 2 is 0.870 bits per heavy atom. The standard InChI is InChI=1S/C14H30O7Si2/c1-15-22(16-2,17-3)13-9-7-11-21-12-8-10-14-23(18-4,19-5)20-6/h7-8,11-12H,9-10,13-14H2,1-6H3. The van der Waals surface area contributed by atoms with Gasteiger partial charge in [0.15, 0.2) is 0 Å². The quantitative estimate of drug-likeness (QED) is 0.346. The second-order valence-corrected chi connectivity index (χ2v) is 10.7. The molecule has 0 aliphatic heterocycles. The summed E-state index contributed by atoms with van der Waals surface area (Å²) in [4.78, 5) is 0. The van der Waals surface area contributed by atoms with E-state index in [1.54, 1.807) is 55.2 Å². The average molecular weight is 367 g/mol. The molecule has 0 aromatic rings. The van der Waals surface area contributed by atoms with Gasteiger partial charge in [-0.25, -0.2) is 0 Å². The lowest BCUT2D eigenvalue weighted by Crippen LogP contribution is -2.42. The molecular weight excluding hydrogens is 336 g/mol. The molecule has 0 heterocycles. The monoisotopic (exact) mass is 366 g/mol. The number of hydrogen-bond donors (Lipinski definition) is 0. The van der Waals surface area contributed by atoms with Crippen LogP contribution in [0.1, 0.15) is 12.8 Å². The van der Waals surface area contributed by atoms with Gasteiger partial charge < -0.3 is 31.3 Å². The summed E-state index contributed by atoms with van der Waals surface area (Å²) in [6, 6.07) is 1.40. The highest BCUT2D eigenvalue weighted by Gasteiger charge is 2.37. The topological polar surface area (TPSA) is 64.6 Å². The second-order valence-electron chi connectivity index (χ2n) is 4.55. The molecule has 0 N–H and O–H groups in total. The molecule has 0 rings (SSSR count). The molecule has 7 nitrogen and oxygen atoms in total. The van der Waals surface area contributed by atoms with Crippen molar-refractivity contribution >= 4 is 17.6 Å². The lowest BCUT2D eigenvalue weighted by Gasteiger charge is -2.23. The fourth-order valence-electron chi connectivity index (χ4n) is 1.93. The van der Waals surface area contributed by atoms with Crippen LogP contribution in [0.15, 0.2) is 24.7 Å². The maximum Gasteiger partial charge on any atom is 0.500 e. The third-order valence-corrected chi connectivity index (χ3v) is 8.98. The van der Waals surface area contributed by atoms with Gasteiger partial charge in [-0.2, -0.15) is 0 Å². The predicted octanol–water partition coefficient (Wildman–Crippen LogP) is 2.57. The van der Waals surface area contributed by atoms with Crippen molar-refractivity contribution < 1.29 is 31.3 Å². The van der Waals surface area contributed by atoms with Gasteiger partial charge in [0.1, 0.15) is 0 Å². The summed E-state index contributed by atoms with van der Waals surface area (Å²) in [5.74, 6) is 0. The fraction of sp³-hybridized carbons (Fsp3) is 0.714. The maximum absolute atomic E-state index is 5.33. The van der Waals surface area contributed by atoms with E-state index in [1.807, 2.05) is 12.2 Å². The minimum absolute atomic E-state index is 0.698. The van der Waals surface area contributed by atoms with Crippen molar-refractivity contribution in [1.82, 2.24) is 0 Å². The SMILES string of the molecule is CO[Si](CCC=COC=CCC[Si](OC)(OC)OC)(OC)OC. The van der Waals surface area contributed by atoms with Crippen LogP contribution in [0.2, 0.25) is 12.1 Å². The highest BCUT2D eigenvalue weighted by atomic mass is 28.4. The van der Waals surface area contributed by atoms with Crippen molar-refractivity contribution in [2.45, 2.75) is 24.9 Å². The lowest BCUT2D eigenvalue weighted by molar-refractivity contribution is 0.123. The lowest BCUT2D eigenvalue weighted by atomic mass is 10.5. The van der Waals surface area contributed by atoms with Crippen LogP contribution in [0, 0.1) is 0 Å². The first-order valence-electron chi connectivity index (χ1n) is 7.34. The van der Waals surface area contributed by atoms with E-state index in [1.165, 1.54) is 0 Å². The summed E-state index contributed by atoms with van der Waals surface area (Å²) in [5, 5.41) is 0. The van der Waals surface area contributed by atoms with E-state index in [2.05, 4.69) is 0 Å². The Hall–Kier alpha value is -0.526. The molecule has 0 radical (unpaired) electrons. The Balaban J connectivity index is 3.98. The van der Waals surface area contributed by atoms with Crippen molar-refractivity contribution in [3.05, 3.63) is 24.7 Å². The van der Waals surface area contributed by atoms with Gasteiger partial charge in [0.05, 0.1) is 12.5 Å². The summed E-state index contributed by atoms with van der Waals surface area (Å²) in [6.45, 7) is 0. The summed E-state index contributed by atoms with van der Waals surface area (Å²) in [5.41, 5.74) is 0. The van der Waals surface area contributed by atoms with Gasteiger partial charge in [-0.15, -0.1) is 0 Å². The second kappa shape index (κ2) is 12.8. The molecule has 136 valence electrons. The number of ether oxygens (including phenoxy) is 1. The number of rotatable bonds is 14. The molecular formula is C14H30O7Si2. The highest BCUT2D eigenvalue weighted by molar-refractivity contribution is 6.60. The van der Waals surface area contributed by atoms with Gasteiger partial charge in [-0.3, -0.25) is 0 Å². The van der Waals surface area contributed by atoms with Gasteiger partial charge in [0.25, 0.3) is 0 Å². The Morgan fingerprint density at radius 1 is 0.565 bits per heavy atom. The molecule has 9 heteroatoms. The minimum Gasteiger partial charge on any atom is -0.473 e. The molecule has 0 saturated carbocycles. The van der Waals surface area contributed by atoms with E-state index >= 15 is 0 Å². The molecule has 0 bridgehead atoms. The predicted molar refractivity (Wildman–Crippen MR) is 91.8 cm³/mol. The van der Waals surface area contributed by atoms with Crippen LogP contribution >= 0.6 is 0 Å². The van der Waals surface area contributed by atoms with Crippen LogP contribution in [0.4, 0.5) is 0 Å². The van der Waals surface area contributed by atoms with Gasteiger partial charge in [0.2, 0.25) is 0 Å². The van der Waals surface area contributed by atoms with Crippen molar-refractivity contribution in [1.29, 1.82) is 0 Å². The highest BCUT2D eigenvalue weighted by Crippen LogP contribution is 2.16. The van der Waals surface area contributed by atoms with E-state index in [9.17, 15) is 0 Å². The first kappa shape index (κ1) is 22.5. The van der Waals surface area contributed by atoms with E-state index in [4.69, 9.17) is 31.3 Å². The van der Waals surface area contributed by atoms with Gasteiger partial charge in [0, 0.05) is 54.7 Å².